The zero-order valence-corrected chi connectivity index (χ0v) is 10.9. The van der Waals surface area contributed by atoms with Crippen molar-refractivity contribution >= 4 is 0 Å². The Bertz CT molecular complexity index is 243. The summed E-state index contributed by atoms with van der Waals surface area (Å²) in [6.45, 7) is 0.00508. The maximum absolute atomic E-state index is 12.5. The molecule has 0 atom stereocenters. The highest BCUT2D eigenvalue weighted by atomic mass is 19.3. The van der Waals surface area contributed by atoms with E-state index in [1.807, 2.05) is 0 Å². The molecule has 20 heavy (non-hydrogen) atoms. The minimum Gasteiger partial charge on any atom is -0.306 e. The lowest BCUT2D eigenvalue weighted by Crippen LogP contribution is -2.30. The molecule has 1 nitrogen and oxygen atoms in total. The predicted molar refractivity (Wildman–Crippen MR) is 57.9 cm³/mol. The standard InChI is InChI=1S/C11H17F8N/c1-20(6-2-4-10(16,17)8(12)13)7-3-5-11(18,19)9(14)15/h8-9H,2-7H2,1H3. The molecule has 0 rings (SSSR count). The molecule has 0 saturated heterocycles. The Kier molecular flexibility index (Phi) is 7.75. The Morgan fingerprint density at radius 1 is 0.750 bits per heavy atom. The van der Waals surface area contributed by atoms with E-state index in [1.165, 1.54) is 11.9 Å². The molecule has 9 heteroatoms. The number of alkyl halides is 8. The summed E-state index contributed by atoms with van der Waals surface area (Å²) in [5.41, 5.74) is 0. The molecule has 0 radical (unpaired) electrons. The number of nitrogens with zero attached hydrogens (tertiary/aromatic N) is 1. The van der Waals surface area contributed by atoms with Crippen molar-refractivity contribution in [3.05, 3.63) is 0 Å². The van der Waals surface area contributed by atoms with Gasteiger partial charge in [0.1, 0.15) is 0 Å². The van der Waals surface area contributed by atoms with Crippen molar-refractivity contribution in [2.24, 2.45) is 0 Å². The first-order valence-corrected chi connectivity index (χ1v) is 5.99. The third-order valence-electron chi connectivity index (χ3n) is 2.74. The van der Waals surface area contributed by atoms with Crippen molar-refractivity contribution in [3.63, 3.8) is 0 Å². The number of hydrogen-bond donors (Lipinski definition) is 0. The topological polar surface area (TPSA) is 3.24 Å². The second kappa shape index (κ2) is 7.99. The van der Waals surface area contributed by atoms with Crippen LogP contribution in [0.25, 0.3) is 0 Å². The molecule has 0 aromatic heterocycles. The SMILES string of the molecule is CN(CCCC(F)(F)C(F)F)CCCC(F)(F)C(F)F. The van der Waals surface area contributed by atoms with E-state index in [9.17, 15) is 35.1 Å². The van der Waals surface area contributed by atoms with Gasteiger partial charge in [-0.2, -0.15) is 0 Å². The highest BCUT2D eigenvalue weighted by molar-refractivity contribution is 4.71. The Hall–Kier alpha value is -0.600. The van der Waals surface area contributed by atoms with Crippen molar-refractivity contribution in [1.82, 2.24) is 4.90 Å². The molecular formula is C11H17F8N. The van der Waals surface area contributed by atoms with Crippen LogP contribution in [0.5, 0.6) is 0 Å². The molecule has 0 saturated carbocycles. The van der Waals surface area contributed by atoms with Crippen molar-refractivity contribution in [3.8, 4) is 0 Å². The number of halogens is 8. The molecule has 0 unspecified atom stereocenters. The fourth-order valence-electron chi connectivity index (χ4n) is 1.50. The van der Waals surface area contributed by atoms with Gasteiger partial charge in [0.25, 0.3) is 0 Å². The molecule has 0 spiro atoms. The first-order valence-electron chi connectivity index (χ1n) is 5.99. The number of rotatable bonds is 10. The predicted octanol–water partition coefficient (Wildman–Crippen LogP) is 4.28. The summed E-state index contributed by atoms with van der Waals surface area (Å²) in [4.78, 5) is 1.36. The first kappa shape index (κ1) is 19.4. The van der Waals surface area contributed by atoms with Gasteiger partial charge in [-0.1, -0.05) is 0 Å². The van der Waals surface area contributed by atoms with Crippen LogP contribution in [0, 0.1) is 0 Å². The van der Waals surface area contributed by atoms with Crippen molar-refractivity contribution in [2.75, 3.05) is 20.1 Å². The summed E-state index contributed by atoms with van der Waals surface area (Å²) >= 11 is 0. The fourth-order valence-corrected chi connectivity index (χ4v) is 1.50. The van der Waals surface area contributed by atoms with Crippen LogP contribution in [0.1, 0.15) is 25.7 Å². The second-order valence-electron chi connectivity index (χ2n) is 4.63. The zero-order chi connectivity index (χ0) is 16.0. The van der Waals surface area contributed by atoms with Gasteiger partial charge in [-0.05, 0) is 33.0 Å². The van der Waals surface area contributed by atoms with Crippen LogP contribution < -0.4 is 0 Å². The summed E-state index contributed by atoms with van der Waals surface area (Å²) in [5, 5.41) is 0. The molecular weight excluding hydrogens is 298 g/mol. The zero-order valence-electron chi connectivity index (χ0n) is 10.9. The lowest BCUT2D eigenvalue weighted by atomic mass is 10.1. The van der Waals surface area contributed by atoms with Crippen LogP contribution in [-0.2, 0) is 0 Å². The van der Waals surface area contributed by atoms with Crippen LogP contribution in [0.3, 0.4) is 0 Å². The largest absolute Gasteiger partial charge is 0.307 e. The Morgan fingerprint density at radius 2 is 1.05 bits per heavy atom. The van der Waals surface area contributed by atoms with Crippen LogP contribution >= 0.6 is 0 Å². The molecule has 122 valence electrons. The van der Waals surface area contributed by atoms with Crippen molar-refractivity contribution in [1.29, 1.82) is 0 Å². The van der Waals surface area contributed by atoms with E-state index in [0.29, 0.717) is 0 Å². The van der Waals surface area contributed by atoms with Gasteiger partial charge < -0.3 is 4.90 Å². The third kappa shape index (κ3) is 7.25. The average molecular weight is 315 g/mol. The van der Waals surface area contributed by atoms with E-state index in [4.69, 9.17) is 0 Å². The van der Waals surface area contributed by atoms with Gasteiger partial charge in [-0.3, -0.25) is 0 Å². The Labute approximate surface area is 111 Å². The second-order valence-corrected chi connectivity index (χ2v) is 4.63. The average Bonchev–Trinajstić information content (AvgIpc) is 2.27. The molecule has 0 heterocycles. The summed E-state index contributed by atoms with van der Waals surface area (Å²) in [7, 11) is 1.42. The van der Waals surface area contributed by atoms with E-state index < -0.39 is 37.5 Å². The molecule has 0 aromatic rings. The van der Waals surface area contributed by atoms with Crippen LogP contribution in [-0.4, -0.2) is 49.7 Å². The quantitative estimate of drug-likeness (QED) is 0.544. The molecule has 0 fully saturated rings. The summed E-state index contributed by atoms with van der Waals surface area (Å²) in [5.74, 6) is -8.13. The first-order chi connectivity index (χ1) is 8.99. The van der Waals surface area contributed by atoms with Crippen molar-refractivity contribution in [2.45, 2.75) is 50.4 Å². The summed E-state index contributed by atoms with van der Waals surface area (Å²) in [6.07, 6.45) is -9.97. The number of hydrogen-bond acceptors (Lipinski definition) is 1. The normalized spacial score (nSPS) is 13.8. The molecule has 0 N–H and O–H groups in total. The maximum atomic E-state index is 12.5. The van der Waals surface area contributed by atoms with Gasteiger partial charge in [0.2, 0.25) is 0 Å². The fraction of sp³-hybridized carbons (Fsp3) is 1.00. The lowest BCUT2D eigenvalue weighted by Gasteiger charge is -2.20. The minimum absolute atomic E-state index is 0.00254. The molecule has 0 aliphatic heterocycles. The maximum Gasteiger partial charge on any atom is 0.307 e. The third-order valence-corrected chi connectivity index (χ3v) is 2.74. The van der Waals surface area contributed by atoms with Gasteiger partial charge in [0.15, 0.2) is 0 Å². The smallest absolute Gasteiger partial charge is 0.306 e. The minimum atomic E-state index is -4.07. The van der Waals surface area contributed by atoms with E-state index in [1.54, 1.807) is 0 Å². The highest BCUT2D eigenvalue weighted by Crippen LogP contribution is 2.29. The van der Waals surface area contributed by atoms with E-state index >= 15 is 0 Å². The van der Waals surface area contributed by atoms with E-state index in [0.717, 1.165) is 0 Å². The van der Waals surface area contributed by atoms with Crippen LogP contribution in [0.15, 0.2) is 0 Å². The van der Waals surface area contributed by atoms with E-state index in [2.05, 4.69) is 0 Å². The molecule has 0 amide bonds. The van der Waals surface area contributed by atoms with Crippen LogP contribution in [0.4, 0.5) is 35.1 Å². The van der Waals surface area contributed by atoms with Gasteiger partial charge in [-0.15, -0.1) is 0 Å². The van der Waals surface area contributed by atoms with Gasteiger partial charge in [0, 0.05) is 12.8 Å². The van der Waals surface area contributed by atoms with Gasteiger partial charge >= 0.3 is 24.7 Å². The molecule has 0 aliphatic rings. The summed E-state index contributed by atoms with van der Waals surface area (Å²) in [6, 6.07) is 0. The van der Waals surface area contributed by atoms with Crippen LogP contribution in [0.2, 0.25) is 0 Å². The molecule has 0 aliphatic carbocycles. The molecule has 0 aromatic carbocycles. The molecule has 0 bridgehead atoms. The van der Waals surface area contributed by atoms with E-state index in [-0.39, 0.29) is 25.9 Å². The van der Waals surface area contributed by atoms with Gasteiger partial charge in [0.05, 0.1) is 0 Å². The Balaban J connectivity index is 3.83. The van der Waals surface area contributed by atoms with Crippen molar-refractivity contribution < 1.29 is 35.1 Å². The Morgan fingerprint density at radius 3 is 1.30 bits per heavy atom. The lowest BCUT2D eigenvalue weighted by molar-refractivity contribution is -0.135. The highest BCUT2D eigenvalue weighted by Gasteiger charge is 2.40. The van der Waals surface area contributed by atoms with Gasteiger partial charge in [-0.25, -0.2) is 35.1 Å². The monoisotopic (exact) mass is 315 g/mol. The summed E-state index contributed by atoms with van der Waals surface area (Å²) < 4.78 is 97.5.